The SMILES string of the molecule is CSc1ccc(C2SC(C)=Nc3c2c(=O)[nH]n3C2CCOCC2)cc1. The minimum Gasteiger partial charge on any atom is -0.381 e. The van der Waals surface area contributed by atoms with Crippen molar-refractivity contribution < 1.29 is 4.74 Å². The van der Waals surface area contributed by atoms with Crippen molar-refractivity contribution in [2.45, 2.75) is 36.0 Å². The summed E-state index contributed by atoms with van der Waals surface area (Å²) in [6, 6.07) is 8.73. The van der Waals surface area contributed by atoms with E-state index in [1.54, 1.807) is 23.5 Å². The third kappa shape index (κ3) is 3.20. The van der Waals surface area contributed by atoms with Crippen LogP contribution in [0.2, 0.25) is 0 Å². The summed E-state index contributed by atoms with van der Waals surface area (Å²) in [5, 5.41) is 4.03. The summed E-state index contributed by atoms with van der Waals surface area (Å²) in [6.45, 7) is 3.48. The van der Waals surface area contributed by atoms with E-state index in [0.29, 0.717) is 0 Å². The summed E-state index contributed by atoms with van der Waals surface area (Å²) in [4.78, 5) is 18.7. The molecule has 1 unspecified atom stereocenters. The molecule has 3 heterocycles. The summed E-state index contributed by atoms with van der Waals surface area (Å²) in [6.07, 6.45) is 3.88. The number of nitrogens with zero attached hydrogens (tertiary/aromatic N) is 2. The van der Waals surface area contributed by atoms with Gasteiger partial charge in [-0.05, 0) is 43.7 Å². The van der Waals surface area contributed by atoms with Crippen LogP contribution in [0.4, 0.5) is 5.82 Å². The van der Waals surface area contributed by atoms with Gasteiger partial charge in [-0.15, -0.1) is 11.8 Å². The van der Waals surface area contributed by atoms with Crippen molar-refractivity contribution in [1.29, 1.82) is 0 Å². The van der Waals surface area contributed by atoms with E-state index in [4.69, 9.17) is 9.73 Å². The molecule has 25 heavy (non-hydrogen) atoms. The predicted octanol–water partition coefficient (Wildman–Crippen LogP) is 4.14. The zero-order valence-electron chi connectivity index (χ0n) is 14.3. The number of aromatic amines is 1. The van der Waals surface area contributed by atoms with Crippen LogP contribution in [0.3, 0.4) is 0 Å². The van der Waals surface area contributed by atoms with Gasteiger partial charge in [-0.3, -0.25) is 14.6 Å². The Balaban J connectivity index is 1.77. The fraction of sp³-hybridized carbons (Fsp3) is 0.444. The van der Waals surface area contributed by atoms with Crippen LogP contribution >= 0.6 is 23.5 Å². The highest BCUT2D eigenvalue weighted by atomic mass is 32.2. The molecule has 0 spiro atoms. The van der Waals surface area contributed by atoms with Gasteiger partial charge in [0.25, 0.3) is 5.56 Å². The molecular weight excluding hydrogens is 354 g/mol. The zero-order chi connectivity index (χ0) is 17.4. The highest BCUT2D eigenvalue weighted by Gasteiger charge is 2.32. The molecule has 2 aliphatic rings. The minimum absolute atomic E-state index is 0.00625. The number of aromatic nitrogens is 2. The van der Waals surface area contributed by atoms with Crippen LogP contribution in [-0.4, -0.2) is 34.3 Å². The highest BCUT2D eigenvalue weighted by Crippen LogP contribution is 2.44. The maximum atomic E-state index is 12.7. The number of nitrogens with one attached hydrogen (secondary N) is 1. The van der Waals surface area contributed by atoms with Crippen LogP contribution in [0, 0.1) is 0 Å². The number of ether oxygens (including phenoxy) is 1. The van der Waals surface area contributed by atoms with Gasteiger partial charge in [0.15, 0.2) is 5.82 Å². The first-order chi connectivity index (χ1) is 12.2. The molecule has 2 aromatic rings. The lowest BCUT2D eigenvalue weighted by atomic mass is 10.1. The molecule has 0 amide bonds. The van der Waals surface area contributed by atoms with Crippen LogP contribution in [0.5, 0.6) is 0 Å². The molecule has 0 bridgehead atoms. The first kappa shape index (κ1) is 17.0. The standard InChI is InChI=1S/C18H21N3O2S2/c1-11-19-17-15(16(25-11)12-3-5-14(24-2)6-4-12)18(22)20-21(17)13-7-9-23-10-8-13/h3-6,13,16H,7-10H2,1-2H3,(H,20,22). The highest BCUT2D eigenvalue weighted by molar-refractivity contribution is 8.14. The molecule has 2 aliphatic heterocycles. The predicted molar refractivity (Wildman–Crippen MR) is 105 cm³/mol. The topological polar surface area (TPSA) is 59.4 Å². The zero-order valence-corrected chi connectivity index (χ0v) is 16.0. The van der Waals surface area contributed by atoms with Gasteiger partial charge in [-0.25, -0.2) is 4.99 Å². The molecule has 132 valence electrons. The molecule has 0 radical (unpaired) electrons. The van der Waals surface area contributed by atoms with Gasteiger partial charge in [0.05, 0.1) is 21.9 Å². The Kier molecular flexibility index (Phi) is 4.80. The van der Waals surface area contributed by atoms with Gasteiger partial charge < -0.3 is 4.74 Å². The summed E-state index contributed by atoms with van der Waals surface area (Å²) in [5.74, 6) is 0.798. The Morgan fingerprint density at radius 1 is 1.28 bits per heavy atom. The second-order valence-corrected chi connectivity index (χ2v) is 8.47. The quantitative estimate of drug-likeness (QED) is 0.819. The smallest absolute Gasteiger partial charge is 0.271 e. The van der Waals surface area contributed by atoms with Crippen molar-refractivity contribution in [3.05, 3.63) is 45.7 Å². The van der Waals surface area contributed by atoms with E-state index in [-0.39, 0.29) is 16.9 Å². The van der Waals surface area contributed by atoms with E-state index in [9.17, 15) is 4.79 Å². The van der Waals surface area contributed by atoms with E-state index in [1.165, 1.54) is 4.90 Å². The van der Waals surface area contributed by atoms with Gasteiger partial charge >= 0.3 is 0 Å². The largest absolute Gasteiger partial charge is 0.381 e. The monoisotopic (exact) mass is 375 g/mol. The van der Waals surface area contributed by atoms with Crippen molar-refractivity contribution in [1.82, 2.24) is 9.78 Å². The van der Waals surface area contributed by atoms with Crippen molar-refractivity contribution >= 4 is 34.4 Å². The Morgan fingerprint density at radius 3 is 2.68 bits per heavy atom. The molecule has 1 fully saturated rings. The molecule has 1 aromatic carbocycles. The number of H-pyrrole nitrogens is 1. The van der Waals surface area contributed by atoms with Crippen LogP contribution in [0.1, 0.15) is 42.2 Å². The van der Waals surface area contributed by atoms with E-state index in [1.807, 2.05) is 11.6 Å². The molecule has 5 nitrogen and oxygen atoms in total. The Bertz CT molecular complexity index is 848. The van der Waals surface area contributed by atoms with Gasteiger partial charge in [0.1, 0.15) is 0 Å². The lowest BCUT2D eigenvalue weighted by Gasteiger charge is -2.26. The molecular formula is C18H21N3O2S2. The minimum atomic E-state index is -0.0239. The van der Waals surface area contributed by atoms with Crippen molar-refractivity contribution in [2.24, 2.45) is 4.99 Å². The molecule has 1 saturated heterocycles. The number of benzene rings is 1. The Labute approximate surface area is 155 Å². The van der Waals surface area contributed by atoms with Crippen molar-refractivity contribution in [2.75, 3.05) is 19.5 Å². The molecule has 0 aliphatic carbocycles. The summed E-state index contributed by atoms with van der Waals surface area (Å²) < 4.78 is 7.44. The number of thioether (sulfide) groups is 2. The van der Waals surface area contributed by atoms with E-state index < -0.39 is 0 Å². The molecule has 1 aromatic heterocycles. The molecule has 1 atom stereocenters. The average molecular weight is 376 g/mol. The van der Waals surface area contributed by atoms with E-state index in [0.717, 1.165) is 48.0 Å². The normalized spacial score (nSPS) is 21.0. The number of rotatable bonds is 3. The number of hydrogen-bond acceptors (Lipinski definition) is 5. The van der Waals surface area contributed by atoms with E-state index >= 15 is 0 Å². The van der Waals surface area contributed by atoms with Crippen molar-refractivity contribution in [3.63, 3.8) is 0 Å². The van der Waals surface area contributed by atoms with Gasteiger partial charge in [-0.2, -0.15) is 0 Å². The number of aliphatic imine (C=N–C) groups is 1. The average Bonchev–Trinajstić information content (AvgIpc) is 2.98. The van der Waals surface area contributed by atoms with Crippen molar-refractivity contribution in [3.8, 4) is 0 Å². The lowest BCUT2D eigenvalue weighted by Crippen LogP contribution is -2.21. The lowest BCUT2D eigenvalue weighted by molar-refractivity contribution is 0.0666. The maximum absolute atomic E-state index is 12.7. The fourth-order valence-corrected chi connectivity index (χ4v) is 4.94. The van der Waals surface area contributed by atoms with Gasteiger partial charge in [-0.1, -0.05) is 23.9 Å². The molecule has 4 rings (SSSR count). The fourth-order valence-electron chi connectivity index (χ4n) is 3.43. The Morgan fingerprint density at radius 2 is 2.00 bits per heavy atom. The van der Waals surface area contributed by atoms with Gasteiger partial charge in [0, 0.05) is 18.1 Å². The summed E-state index contributed by atoms with van der Waals surface area (Å²) in [5.41, 5.74) is 1.90. The first-order valence-corrected chi connectivity index (χ1v) is 10.6. The third-order valence-corrected chi connectivity index (χ3v) is 6.64. The van der Waals surface area contributed by atoms with Crippen LogP contribution < -0.4 is 5.56 Å². The van der Waals surface area contributed by atoms with E-state index in [2.05, 4.69) is 35.6 Å². The maximum Gasteiger partial charge on any atom is 0.271 e. The molecule has 0 saturated carbocycles. The number of hydrogen-bond donors (Lipinski definition) is 1. The summed E-state index contributed by atoms with van der Waals surface area (Å²) >= 11 is 3.38. The van der Waals surface area contributed by atoms with Gasteiger partial charge in [0.2, 0.25) is 0 Å². The number of fused-ring (bicyclic) bond motifs is 1. The van der Waals surface area contributed by atoms with Crippen LogP contribution in [-0.2, 0) is 4.74 Å². The summed E-state index contributed by atoms with van der Waals surface area (Å²) in [7, 11) is 0. The molecule has 7 heteroatoms. The Hall–Kier alpha value is -1.44. The van der Waals surface area contributed by atoms with Crippen LogP contribution in [0.15, 0.2) is 38.9 Å². The van der Waals surface area contributed by atoms with Crippen LogP contribution in [0.25, 0.3) is 0 Å². The third-order valence-electron chi connectivity index (χ3n) is 4.72. The second kappa shape index (κ2) is 7.05. The second-order valence-electron chi connectivity index (χ2n) is 6.29. The first-order valence-electron chi connectivity index (χ1n) is 8.45. The molecule has 1 N–H and O–H groups in total.